The van der Waals surface area contributed by atoms with Crippen LogP contribution < -0.4 is 0 Å². The van der Waals surface area contributed by atoms with Crippen molar-refractivity contribution in [3.63, 3.8) is 0 Å². The molecule has 0 spiro atoms. The lowest BCUT2D eigenvalue weighted by Crippen LogP contribution is -2.08. The number of Topliss-reactive ketones (excluding diaryl/α,β-unsaturated/α-hetero) is 1. The van der Waals surface area contributed by atoms with Gasteiger partial charge < -0.3 is 5.11 Å². The van der Waals surface area contributed by atoms with Crippen molar-refractivity contribution >= 4 is 5.78 Å². The van der Waals surface area contributed by atoms with Crippen LogP contribution in [-0.2, 0) is 4.79 Å². The minimum Gasteiger partial charge on any atom is -0.393 e. The summed E-state index contributed by atoms with van der Waals surface area (Å²) in [7, 11) is 0. The molecule has 0 radical (unpaired) electrons. The lowest BCUT2D eigenvalue weighted by molar-refractivity contribution is -0.120. The SMILES string of the molecule is C=CCCCC(=O)C[C@H](C)O. The first kappa shape index (κ1) is 10.4. The third kappa shape index (κ3) is 7.26. The quantitative estimate of drug-likeness (QED) is 0.469. The van der Waals surface area contributed by atoms with E-state index in [0.717, 1.165) is 12.8 Å². The van der Waals surface area contributed by atoms with Crippen LogP contribution in [0.15, 0.2) is 12.7 Å². The summed E-state index contributed by atoms with van der Waals surface area (Å²) >= 11 is 0. The van der Waals surface area contributed by atoms with Gasteiger partial charge in [0.1, 0.15) is 5.78 Å². The van der Waals surface area contributed by atoms with Gasteiger partial charge >= 0.3 is 0 Å². The molecule has 0 bridgehead atoms. The number of hydrogen-bond donors (Lipinski definition) is 1. The molecule has 0 aromatic rings. The van der Waals surface area contributed by atoms with Crippen LogP contribution in [0.25, 0.3) is 0 Å². The van der Waals surface area contributed by atoms with E-state index in [1.54, 1.807) is 13.0 Å². The fourth-order valence-electron chi connectivity index (χ4n) is 0.875. The van der Waals surface area contributed by atoms with Gasteiger partial charge in [-0.3, -0.25) is 4.79 Å². The van der Waals surface area contributed by atoms with Crippen LogP contribution in [0.3, 0.4) is 0 Å². The molecular weight excluding hydrogens is 140 g/mol. The first-order valence-corrected chi connectivity index (χ1v) is 3.97. The second-order valence-corrected chi connectivity index (χ2v) is 2.77. The Labute approximate surface area is 67.9 Å². The van der Waals surface area contributed by atoms with E-state index in [4.69, 9.17) is 5.11 Å². The first-order valence-electron chi connectivity index (χ1n) is 3.97. The highest BCUT2D eigenvalue weighted by Crippen LogP contribution is 2.01. The van der Waals surface area contributed by atoms with E-state index in [9.17, 15) is 4.79 Å². The predicted octanol–water partition coefficient (Wildman–Crippen LogP) is 1.68. The molecule has 0 unspecified atom stereocenters. The third-order valence-corrected chi connectivity index (χ3v) is 1.39. The highest BCUT2D eigenvalue weighted by atomic mass is 16.3. The molecule has 1 atom stereocenters. The Kier molecular flexibility index (Phi) is 5.75. The Morgan fingerprint density at radius 2 is 2.36 bits per heavy atom. The zero-order chi connectivity index (χ0) is 8.69. The molecule has 0 aromatic carbocycles. The first-order chi connectivity index (χ1) is 5.16. The van der Waals surface area contributed by atoms with Gasteiger partial charge in [0.2, 0.25) is 0 Å². The zero-order valence-corrected chi connectivity index (χ0v) is 7.05. The summed E-state index contributed by atoms with van der Waals surface area (Å²) in [5.74, 6) is 0.141. The number of unbranched alkanes of at least 4 members (excludes halogenated alkanes) is 1. The molecule has 0 aliphatic carbocycles. The molecule has 0 heterocycles. The maximum absolute atomic E-state index is 10.9. The van der Waals surface area contributed by atoms with E-state index in [2.05, 4.69) is 6.58 Å². The summed E-state index contributed by atoms with van der Waals surface area (Å²) < 4.78 is 0. The molecular formula is C9H16O2. The van der Waals surface area contributed by atoms with Crippen LogP contribution in [0.1, 0.15) is 32.6 Å². The van der Waals surface area contributed by atoms with Crippen molar-refractivity contribution in [3.05, 3.63) is 12.7 Å². The van der Waals surface area contributed by atoms with Crippen molar-refractivity contribution in [2.45, 2.75) is 38.7 Å². The average molecular weight is 156 g/mol. The monoisotopic (exact) mass is 156 g/mol. The van der Waals surface area contributed by atoms with E-state index in [0.29, 0.717) is 6.42 Å². The van der Waals surface area contributed by atoms with Crippen molar-refractivity contribution in [1.82, 2.24) is 0 Å². The molecule has 1 N–H and O–H groups in total. The van der Waals surface area contributed by atoms with Crippen LogP contribution in [0, 0.1) is 0 Å². The van der Waals surface area contributed by atoms with Crippen LogP contribution in [0.5, 0.6) is 0 Å². The molecule has 0 aliphatic heterocycles. The molecule has 2 nitrogen and oxygen atoms in total. The smallest absolute Gasteiger partial charge is 0.135 e. The highest BCUT2D eigenvalue weighted by Gasteiger charge is 2.04. The van der Waals surface area contributed by atoms with E-state index in [-0.39, 0.29) is 12.2 Å². The Balaban J connectivity index is 3.30. The van der Waals surface area contributed by atoms with Crippen molar-refractivity contribution < 1.29 is 9.90 Å². The molecule has 0 aliphatic rings. The van der Waals surface area contributed by atoms with Gasteiger partial charge in [-0.05, 0) is 19.8 Å². The molecule has 11 heavy (non-hydrogen) atoms. The van der Waals surface area contributed by atoms with Crippen LogP contribution in [0.4, 0.5) is 0 Å². The molecule has 0 rings (SSSR count). The van der Waals surface area contributed by atoms with Gasteiger partial charge in [0, 0.05) is 12.8 Å². The third-order valence-electron chi connectivity index (χ3n) is 1.39. The lowest BCUT2D eigenvalue weighted by atomic mass is 10.1. The number of allylic oxidation sites excluding steroid dienone is 1. The minimum atomic E-state index is -0.494. The average Bonchev–Trinajstić information content (AvgIpc) is 1.86. The summed E-state index contributed by atoms with van der Waals surface area (Å²) in [6.45, 7) is 5.19. The highest BCUT2D eigenvalue weighted by molar-refractivity contribution is 5.78. The van der Waals surface area contributed by atoms with Crippen molar-refractivity contribution in [3.8, 4) is 0 Å². The molecule has 0 fully saturated rings. The summed E-state index contributed by atoms with van der Waals surface area (Å²) in [5.41, 5.74) is 0. The molecule has 0 saturated heterocycles. The van der Waals surface area contributed by atoms with Crippen molar-refractivity contribution in [2.24, 2.45) is 0 Å². The second kappa shape index (κ2) is 6.10. The maximum atomic E-state index is 10.9. The van der Waals surface area contributed by atoms with Gasteiger partial charge in [0.15, 0.2) is 0 Å². The molecule has 0 aromatic heterocycles. The van der Waals surface area contributed by atoms with Crippen molar-refractivity contribution in [2.75, 3.05) is 0 Å². The van der Waals surface area contributed by atoms with Crippen molar-refractivity contribution in [1.29, 1.82) is 0 Å². The van der Waals surface area contributed by atoms with Gasteiger partial charge in [0.25, 0.3) is 0 Å². The maximum Gasteiger partial charge on any atom is 0.135 e. The normalized spacial score (nSPS) is 12.5. The fourth-order valence-corrected chi connectivity index (χ4v) is 0.875. The Morgan fingerprint density at radius 3 is 2.82 bits per heavy atom. The number of ketones is 1. The van der Waals surface area contributed by atoms with E-state index in [1.807, 2.05) is 0 Å². The number of aliphatic hydroxyl groups excluding tert-OH is 1. The van der Waals surface area contributed by atoms with Gasteiger partial charge in [-0.1, -0.05) is 6.08 Å². The predicted molar refractivity (Wildman–Crippen MR) is 45.4 cm³/mol. The lowest BCUT2D eigenvalue weighted by Gasteiger charge is -2.01. The van der Waals surface area contributed by atoms with Crippen LogP contribution >= 0.6 is 0 Å². The zero-order valence-electron chi connectivity index (χ0n) is 7.05. The van der Waals surface area contributed by atoms with E-state index < -0.39 is 6.10 Å². The molecule has 2 heteroatoms. The summed E-state index contributed by atoms with van der Waals surface area (Å²) in [6.07, 6.45) is 3.90. The number of carbonyl (C=O) groups is 1. The number of aliphatic hydroxyl groups is 1. The topological polar surface area (TPSA) is 37.3 Å². The Hall–Kier alpha value is -0.630. The molecule has 0 saturated carbocycles. The summed E-state index contributed by atoms with van der Waals surface area (Å²) in [4.78, 5) is 10.9. The molecule has 64 valence electrons. The summed E-state index contributed by atoms with van der Waals surface area (Å²) in [5, 5.41) is 8.84. The Morgan fingerprint density at radius 1 is 1.73 bits per heavy atom. The fraction of sp³-hybridized carbons (Fsp3) is 0.667. The minimum absolute atomic E-state index is 0.141. The van der Waals surface area contributed by atoms with Crippen LogP contribution in [0.2, 0.25) is 0 Å². The number of rotatable bonds is 6. The number of hydrogen-bond acceptors (Lipinski definition) is 2. The van der Waals surface area contributed by atoms with Gasteiger partial charge in [0.05, 0.1) is 6.10 Å². The summed E-state index contributed by atoms with van der Waals surface area (Å²) in [6, 6.07) is 0. The Bertz CT molecular complexity index is 128. The largest absolute Gasteiger partial charge is 0.393 e. The van der Waals surface area contributed by atoms with Gasteiger partial charge in [-0.2, -0.15) is 0 Å². The van der Waals surface area contributed by atoms with Crippen LogP contribution in [-0.4, -0.2) is 17.0 Å². The number of carbonyl (C=O) groups excluding carboxylic acids is 1. The molecule has 0 amide bonds. The van der Waals surface area contributed by atoms with E-state index in [1.165, 1.54) is 0 Å². The van der Waals surface area contributed by atoms with Gasteiger partial charge in [-0.15, -0.1) is 6.58 Å². The van der Waals surface area contributed by atoms with E-state index >= 15 is 0 Å². The van der Waals surface area contributed by atoms with Gasteiger partial charge in [-0.25, -0.2) is 0 Å². The second-order valence-electron chi connectivity index (χ2n) is 2.77. The standard InChI is InChI=1S/C9H16O2/c1-3-4-5-6-9(11)7-8(2)10/h3,8,10H,1,4-7H2,2H3/t8-/m0/s1.